The van der Waals surface area contributed by atoms with Gasteiger partial charge in [0.05, 0.1) is 17.6 Å². The highest BCUT2D eigenvalue weighted by Gasteiger charge is 2.27. The first-order chi connectivity index (χ1) is 8.79. The van der Waals surface area contributed by atoms with Gasteiger partial charge in [0.25, 0.3) is 5.69 Å². The molecule has 1 aromatic carbocycles. The molecule has 9 heteroatoms. The van der Waals surface area contributed by atoms with Gasteiger partial charge >= 0.3 is 6.18 Å². The summed E-state index contributed by atoms with van der Waals surface area (Å²) < 4.78 is 35.2. The minimum Gasteiger partial charge on any atom is -0.387 e. The van der Waals surface area contributed by atoms with E-state index in [0.29, 0.717) is 5.56 Å². The third-order valence-corrected chi connectivity index (χ3v) is 2.10. The van der Waals surface area contributed by atoms with E-state index in [1.807, 2.05) is 5.48 Å². The maximum Gasteiger partial charge on any atom is 0.413 e. The smallest absolute Gasteiger partial charge is 0.387 e. The Morgan fingerprint density at radius 2 is 1.95 bits per heavy atom. The van der Waals surface area contributed by atoms with E-state index < -0.39 is 23.8 Å². The van der Waals surface area contributed by atoms with Crippen molar-refractivity contribution in [2.75, 3.05) is 13.2 Å². The van der Waals surface area contributed by atoms with Crippen molar-refractivity contribution in [3.05, 3.63) is 39.9 Å². The molecule has 0 spiro atoms. The van der Waals surface area contributed by atoms with Crippen LogP contribution in [0.5, 0.6) is 0 Å². The average Bonchev–Trinajstić information content (AvgIpc) is 2.33. The summed E-state index contributed by atoms with van der Waals surface area (Å²) >= 11 is 0. The summed E-state index contributed by atoms with van der Waals surface area (Å²) in [4.78, 5) is 13.9. The second kappa shape index (κ2) is 6.45. The number of nitrogens with zero attached hydrogens (tertiary/aromatic N) is 1. The fraction of sp³-hybridized carbons (Fsp3) is 0.400. The molecule has 0 fully saturated rings. The van der Waals surface area contributed by atoms with E-state index in [4.69, 9.17) is 0 Å². The predicted molar refractivity (Wildman–Crippen MR) is 58.1 cm³/mol. The number of nitro groups is 1. The van der Waals surface area contributed by atoms with Gasteiger partial charge in [-0.2, -0.15) is 18.7 Å². The first-order valence-corrected chi connectivity index (χ1v) is 5.13. The van der Waals surface area contributed by atoms with Gasteiger partial charge in [-0.05, 0) is 17.7 Å². The fourth-order valence-electron chi connectivity index (χ4n) is 1.21. The lowest BCUT2D eigenvalue weighted by atomic mass is 10.1. The molecule has 0 saturated carbocycles. The van der Waals surface area contributed by atoms with Crippen molar-refractivity contribution in [1.82, 2.24) is 5.48 Å². The van der Waals surface area contributed by atoms with Crippen molar-refractivity contribution in [1.29, 1.82) is 0 Å². The summed E-state index contributed by atoms with van der Waals surface area (Å²) in [7, 11) is 0. The van der Waals surface area contributed by atoms with E-state index in [9.17, 15) is 28.4 Å². The number of hydrogen-bond acceptors (Lipinski definition) is 5. The first-order valence-electron chi connectivity index (χ1n) is 5.13. The lowest BCUT2D eigenvalue weighted by Gasteiger charge is -2.13. The number of halogens is 3. The molecule has 6 nitrogen and oxygen atoms in total. The lowest BCUT2D eigenvalue weighted by molar-refractivity contribution is -0.384. The molecule has 0 bridgehead atoms. The van der Waals surface area contributed by atoms with Gasteiger partial charge in [0.2, 0.25) is 0 Å². The number of alkyl halides is 3. The maximum atomic E-state index is 11.7. The fourth-order valence-corrected chi connectivity index (χ4v) is 1.21. The van der Waals surface area contributed by atoms with Gasteiger partial charge in [0, 0.05) is 12.1 Å². The summed E-state index contributed by atoms with van der Waals surface area (Å²) in [6.07, 6.45) is -5.58. The second-order valence-electron chi connectivity index (χ2n) is 3.62. The molecular weight excluding hydrogens is 269 g/mol. The number of nitro benzene ring substituents is 1. The van der Waals surface area contributed by atoms with Crippen molar-refractivity contribution >= 4 is 5.69 Å². The average molecular weight is 280 g/mol. The zero-order valence-electron chi connectivity index (χ0n) is 9.55. The second-order valence-corrected chi connectivity index (χ2v) is 3.62. The molecule has 0 aromatic heterocycles. The molecule has 1 aromatic rings. The molecule has 1 unspecified atom stereocenters. The van der Waals surface area contributed by atoms with Gasteiger partial charge in [0.1, 0.15) is 0 Å². The van der Waals surface area contributed by atoms with Crippen LogP contribution in [-0.2, 0) is 4.84 Å². The number of benzene rings is 1. The van der Waals surface area contributed by atoms with Crippen LogP contribution in [0.25, 0.3) is 0 Å². The standard InChI is InChI=1S/C10H11F3N2O4/c11-10(12,13)6-19-14-5-9(16)7-1-3-8(4-2-7)15(17)18/h1-4,9,14,16H,5-6H2. The highest BCUT2D eigenvalue weighted by molar-refractivity contribution is 5.33. The van der Waals surface area contributed by atoms with Gasteiger partial charge in [0.15, 0.2) is 6.61 Å². The topological polar surface area (TPSA) is 84.6 Å². The molecule has 19 heavy (non-hydrogen) atoms. The maximum absolute atomic E-state index is 11.7. The monoisotopic (exact) mass is 280 g/mol. The quantitative estimate of drug-likeness (QED) is 0.471. The van der Waals surface area contributed by atoms with E-state index in [1.165, 1.54) is 24.3 Å². The normalized spacial score (nSPS) is 13.3. The molecule has 106 valence electrons. The van der Waals surface area contributed by atoms with Crippen molar-refractivity contribution < 1.29 is 28.0 Å². The largest absolute Gasteiger partial charge is 0.413 e. The van der Waals surface area contributed by atoms with Crippen LogP contribution in [0.1, 0.15) is 11.7 Å². The van der Waals surface area contributed by atoms with Crippen molar-refractivity contribution in [3.8, 4) is 0 Å². The highest BCUT2D eigenvalue weighted by Crippen LogP contribution is 2.17. The molecule has 1 atom stereocenters. The molecule has 1 rings (SSSR count). The Hall–Kier alpha value is -1.71. The minimum absolute atomic E-state index is 0.141. The van der Waals surface area contributed by atoms with Gasteiger partial charge < -0.3 is 5.11 Å². The van der Waals surface area contributed by atoms with Crippen LogP contribution in [0.2, 0.25) is 0 Å². The van der Waals surface area contributed by atoms with Crippen LogP contribution in [0, 0.1) is 10.1 Å². The number of non-ortho nitro benzene ring substituents is 1. The predicted octanol–water partition coefficient (Wildman–Crippen LogP) is 1.71. The summed E-state index contributed by atoms with van der Waals surface area (Å²) in [6, 6.07) is 5.01. The van der Waals surface area contributed by atoms with E-state index in [1.54, 1.807) is 0 Å². The highest BCUT2D eigenvalue weighted by atomic mass is 19.4. The molecule has 0 aliphatic heterocycles. The number of aliphatic hydroxyl groups excluding tert-OH is 1. The Morgan fingerprint density at radius 1 is 1.37 bits per heavy atom. The Kier molecular flexibility index (Phi) is 5.21. The molecular formula is C10H11F3N2O4. The Balaban J connectivity index is 2.41. The molecule has 0 saturated heterocycles. The number of nitrogens with one attached hydrogen (secondary N) is 1. The Morgan fingerprint density at radius 3 is 2.42 bits per heavy atom. The lowest BCUT2D eigenvalue weighted by Crippen LogP contribution is -2.28. The molecule has 0 radical (unpaired) electrons. The number of hydroxylamine groups is 1. The Bertz CT molecular complexity index is 422. The van der Waals surface area contributed by atoms with E-state index >= 15 is 0 Å². The number of rotatable bonds is 6. The van der Waals surface area contributed by atoms with Gasteiger partial charge in [-0.3, -0.25) is 15.0 Å². The van der Waals surface area contributed by atoms with Crippen molar-refractivity contribution in [2.24, 2.45) is 0 Å². The van der Waals surface area contributed by atoms with E-state index in [2.05, 4.69) is 4.84 Å². The molecule has 0 amide bonds. The van der Waals surface area contributed by atoms with Gasteiger partial charge in [-0.1, -0.05) is 0 Å². The Labute approximate surface area is 105 Å². The van der Waals surface area contributed by atoms with Crippen molar-refractivity contribution in [3.63, 3.8) is 0 Å². The summed E-state index contributed by atoms with van der Waals surface area (Å²) in [5.41, 5.74) is 2.16. The number of hydrogen-bond donors (Lipinski definition) is 2. The van der Waals surface area contributed by atoms with E-state index in [-0.39, 0.29) is 12.2 Å². The van der Waals surface area contributed by atoms with E-state index in [0.717, 1.165) is 0 Å². The van der Waals surface area contributed by atoms with Crippen LogP contribution < -0.4 is 5.48 Å². The van der Waals surface area contributed by atoms with Crippen LogP contribution >= 0.6 is 0 Å². The zero-order chi connectivity index (χ0) is 14.5. The first kappa shape index (κ1) is 15.3. The van der Waals surface area contributed by atoms with Crippen molar-refractivity contribution in [2.45, 2.75) is 12.3 Å². The van der Waals surface area contributed by atoms with Gasteiger partial charge in [-0.25, -0.2) is 0 Å². The molecule has 0 aliphatic rings. The molecule has 0 aliphatic carbocycles. The molecule has 2 N–H and O–H groups in total. The summed E-state index contributed by atoms with van der Waals surface area (Å²) in [5.74, 6) is 0. The third kappa shape index (κ3) is 5.64. The van der Waals surface area contributed by atoms with Crippen LogP contribution in [0.4, 0.5) is 18.9 Å². The molecule has 0 heterocycles. The third-order valence-electron chi connectivity index (χ3n) is 2.10. The van der Waals surface area contributed by atoms with Gasteiger partial charge in [-0.15, -0.1) is 0 Å². The number of aliphatic hydroxyl groups is 1. The van der Waals surface area contributed by atoms with Crippen LogP contribution in [-0.4, -0.2) is 29.4 Å². The van der Waals surface area contributed by atoms with Crippen LogP contribution in [0.15, 0.2) is 24.3 Å². The minimum atomic E-state index is -4.45. The summed E-state index contributed by atoms with van der Waals surface area (Å²) in [6.45, 7) is -1.74. The van der Waals surface area contributed by atoms with Crippen LogP contribution in [0.3, 0.4) is 0 Å². The summed E-state index contributed by atoms with van der Waals surface area (Å²) in [5, 5.41) is 20.0. The SMILES string of the molecule is O=[N+]([O-])c1ccc(C(O)CNOCC(F)(F)F)cc1. The zero-order valence-corrected chi connectivity index (χ0v) is 9.55.